The molecule has 88 valence electrons. The van der Waals surface area contributed by atoms with Crippen LogP contribution >= 0.6 is 11.3 Å². The first-order valence-corrected chi connectivity index (χ1v) is 6.87. The lowest BCUT2D eigenvalue weighted by Gasteiger charge is -2.21. The number of rotatable bonds is 1. The summed E-state index contributed by atoms with van der Waals surface area (Å²) in [6.45, 7) is 2.13. The normalized spacial score (nSPS) is 19.0. The van der Waals surface area contributed by atoms with Crippen LogP contribution in [0.25, 0.3) is 0 Å². The Labute approximate surface area is 106 Å². The number of anilines is 1. The predicted octanol–water partition coefficient (Wildman–Crippen LogP) is 3.50. The number of nitrogens with two attached hydrogens (primary N) is 1. The van der Waals surface area contributed by atoms with E-state index in [0.29, 0.717) is 11.0 Å². The fourth-order valence-corrected chi connectivity index (χ4v) is 3.60. The topological polar surface area (TPSA) is 38.9 Å². The number of fused-ring (bicyclic) bond motifs is 1. The molecule has 1 heterocycles. The summed E-state index contributed by atoms with van der Waals surface area (Å²) in [5.74, 6) is 0.508. The second-order valence-corrected chi connectivity index (χ2v) is 5.78. The summed E-state index contributed by atoms with van der Waals surface area (Å²) in [4.78, 5) is 5.83. The molecule has 1 aliphatic carbocycles. The second kappa shape index (κ2) is 4.15. The van der Waals surface area contributed by atoms with Crippen LogP contribution in [0.3, 0.4) is 0 Å². The fourth-order valence-electron chi connectivity index (χ4n) is 2.56. The van der Waals surface area contributed by atoms with Crippen molar-refractivity contribution in [2.75, 3.05) is 5.73 Å². The molecular formula is C14H16N2S. The molecule has 0 amide bonds. The largest absolute Gasteiger partial charge is 0.375 e. The minimum Gasteiger partial charge on any atom is -0.375 e. The van der Waals surface area contributed by atoms with Crippen molar-refractivity contribution in [1.82, 2.24) is 4.98 Å². The van der Waals surface area contributed by atoms with E-state index in [1.54, 1.807) is 11.3 Å². The van der Waals surface area contributed by atoms with Gasteiger partial charge in [-0.2, -0.15) is 0 Å². The molecule has 1 unspecified atom stereocenters. The van der Waals surface area contributed by atoms with Crippen LogP contribution in [-0.4, -0.2) is 4.98 Å². The van der Waals surface area contributed by atoms with Gasteiger partial charge in [0.25, 0.3) is 0 Å². The molecule has 2 N–H and O–H groups in total. The Hall–Kier alpha value is -1.35. The summed E-state index contributed by atoms with van der Waals surface area (Å²) >= 11 is 1.66. The van der Waals surface area contributed by atoms with Crippen LogP contribution in [0.4, 0.5) is 5.13 Å². The predicted molar refractivity (Wildman–Crippen MR) is 72.5 cm³/mol. The van der Waals surface area contributed by atoms with E-state index in [4.69, 9.17) is 5.73 Å². The number of thiazole rings is 1. The van der Waals surface area contributed by atoms with E-state index < -0.39 is 0 Å². The molecule has 3 heteroatoms. The van der Waals surface area contributed by atoms with Gasteiger partial charge in [0, 0.05) is 10.8 Å². The highest BCUT2D eigenvalue weighted by Crippen LogP contribution is 2.40. The van der Waals surface area contributed by atoms with Crippen LogP contribution in [0.5, 0.6) is 0 Å². The summed E-state index contributed by atoms with van der Waals surface area (Å²) in [6, 6.07) is 8.86. The van der Waals surface area contributed by atoms with Gasteiger partial charge in [-0.25, -0.2) is 4.98 Å². The minimum atomic E-state index is 0.508. The zero-order valence-corrected chi connectivity index (χ0v) is 10.8. The molecule has 3 rings (SSSR count). The van der Waals surface area contributed by atoms with Gasteiger partial charge in [-0.3, -0.25) is 0 Å². The van der Waals surface area contributed by atoms with E-state index in [2.05, 4.69) is 36.2 Å². The van der Waals surface area contributed by atoms with Gasteiger partial charge in [0.15, 0.2) is 5.13 Å². The average molecular weight is 244 g/mol. The summed E-state index contributed by atoms with van der Waals surface area (Å²) in [7, 11) is 0. The molecule has 0 aliphatic heterocycles. The third-order valence-corrected chi connectivity index (χ3v) is 4.49. The number of benzene rings is 1. The van der Waals surface area contributed by atoms with Crippen LogP contribution in [0, 0.1) is 6.92 Å². The number of nitrogen functional groups attached to an aromatic ring is 1. The minimum absolute atomic E-state index is 0.508. The molecule has 1 atom stereocenters. The molecule has 1 aromatic heterocycles. The highest BCUT2D eigenvalue weighted by atomic mass is 32.1. The molecule has 1 aromatic carbocycles. The number of aryl methyl sites for hydroxylation is 2. The van der Waals surface area contributed by atoms with E-state index >= 15 is 0 Å². The van der Waals surface area contributed by atoms with E-state index in [9.17, 15) is 0 Å². The van der Waals surface area contributed by atoms with Crippen LogP contribution in [-0.2, 0) is 6.42 Å². The van der Waals surface area contributed by atoms with E-state index in [-0.39, 0.29) is 0 Å². The van der Waals surface area contributed by atoms with E-state index in [0.717, 1.165) is 6.42 Å². The lowest BCUT2D eigenvalue weighted by molar-refractivity contribution is 0.617. The molecule has 2 aromatic rings. The zero-order valence-electron chi connectivity index (χ0n) is 9.94. The van der Waals surface area contributed by atoms with Crippen molar-refractivity contribution in [3.63, 3.8) is 0 Å². The third-order valence-electron chi connectivity index (χ3n) is 3.45. The molecule has 0 spiro atoms. The second-order valence-electron chi connectivity index (χ2n) is 4.72. The lowest BCUT2D eigenvalue weighted by Crippen LogP contribution is -2.08. The van der Waals surface area contributed by atoms with Crippen molar-refractivity contribution in [3.05, 3.63) is 46.0 Å². The summed E-state index contributed by atoms with van der Waals surface area (Å²) in [5, 5.41) is 0.717. The number of hydrogen-bond acceptors (Lipinski definition) is 3. The van der Waals surface area contributed by atoms with Crippen molar-refractivity contribution >= 4 is 16.5 Å². The number of hydrogen-bond donors (Lipinski definition) is 1. The van der Waals surface area contributed by atoms with Gasteiger partial charge in [-0.05, 0) is 31.7 Å². The van der Waals surface area contributed by atoms with Crippen LogP contribution < -0.4 is 5.73 Å². The first-order chi connectivity index (χ1) is 8.24. The maximum Gasteiger partial charge on any atom is 0.180 e. The van der Waals surface area contributed by atoms with E-state index in [1.807, 2.05) is 0 Å². The van der Waals surface area contributed by atoms with Crippen molar-refractivity contribution in [2.45, 2.75) is 32.1 Å². The summed E-state index contributed by atoms with van der Waals surface area (Å²) in [5.41, 5.74) is 9.77. The number of aromatic nitrogens is 1. The van der Waals surface area contributed by atoms with Crippen LogP contribution in [0.1, 0.15) is 40.5 Å². The zero-order chi connectivity index (χ0) is 11.8. The third kappa shape index (κ3) is 1.95. The highest BCUT2D eigenvalue weighted by Gasteiger charge is 2.25. The lowest BCUT2D eigenvalue weighted by atomic mass is 9.86. The maximum atomic E-state index is 5.83. The van der Waals surface area contributed by atoms with Gasteiger partial charge in [0.2, 0.25) is 0 Å². The van der Waals surface area contributed by atoms with Gasteiger partial charge >= 0.3 is 0 Å². The number of nitrogens with zero attached hydrogens (tertiary/aromatic N) is 1. The Morgan fingerprint density at radius 2 is 2.06 bits per heavy atom. The Morgan fingerprint density at radius 3 is 2.82 bits per heavy atom. The van der Waals surface area contributed by atoms with Gasteiger partial charge in [-0.15, -0.1) is 11.3 Å². The SMILES string of the molecule is Cc1ccc(C2CCCc3nc(N)sc32)cc1. The molecule has 0 saturated carbocycles. The molecule has 0 bridgehead atoms. The van der Waals surface area contributed by atoms with Crippen molar-refractivity contribution in [3.8, 4) is 0 Å². The Bertz CT molecular complexity index is 528. The van der Waals surface area contributed by atoms with Crippen molar-refractivity contribution in [2.24, 2.45) is 0 Å². The van der Waals surface area contributed by atoms with Crippen LogP contribution in [0.15, 0.2) is 24.3 Å². The molecule has 17 heavy (non-hydrogen) atoms. The Balaban J connectivity index is 2.02. The van der Waals surface area contributed by atoms with Crippen LogP contribution in [0.2, 0.25) is 0 Å². The van der Waals surface area contributed by atoms with Gasteiger partial charge in [0.05, 0.1) is 5.69 Å². The van der Waals surface area contributed by atoms with Gasteiger partial charge in [0.1, 0.15) is 0 Å². The Morgan fingerprint density at radius 1 is 1.29 bits per heavy atom. The first-order valence-electron chi connectivity index (χ1n) is 6.05. The molecule has 2 nitrogen and oxygen atoms in total. The molecule has 0 saturated heterocycles. The average Bonchev–Trinajstić information content (AvgIpc) is 2.70. The van der Waals surface area contributed by atoms with Gasteiger partial charge in [-0.1, -0.05) is 29.8 Å². The summed E-state index contributed by atoms with van der Waals surface area (Å²) in [6.07, 6.45) is 3.53. The van der Waals surface area contributed by atoms with Gasteiger partial charge < -0.3 is 5.73 Å². The maximum absolute atomic E-state index is 5.83. The molecule has 0 radical (unpaired) electrons. The standard InChI is InChI=1S/C14H16N2S/c1-9-5-7-10(8-6-9)11-3-2-4-12-13(11)17-14(15)16-12/h5-8,11H,2-4H2,1H3,(H2,15,16). The Kier molecular flexibility index (Phi) is 2.63. The van der Waals surface area contributed by atoms with E-state index in [1.165, 1.54) is 34.5 Å². The van der Waals surface area contributed by atoms with Crippen molar-refractivity contribution in [1.29, 1.82) is 0 Å². The smallest absolute Gasteiger partial charge is 0.180 e. The molecule has 1 aliphatic rings. The highest BCUT2D eigenvalue weighted by molar-refractivity contribution is 7.15. The quantitative estimate of drug-likeness (QED) is 0.833. The molecular weight excluding hydrogens is 228 g/mol. The first kappa shape index (κ1) is 10.8. The fraction of sp³-hybridized carbons (Fsp3) is 0.357. The molecule has 0 fully saturated rings. The van der Waals surface area contributed by atoms with Crippen molar-refractivity contribution < 1.29 is 0 Å². The summed E-state index contributed by atoms with van der Waals surface area (Å²) < 4.78 is 0. The monoisotopic (exact) mass is 244 g/mol.